The average Bonchev–Trinajstić information content (AvgIpc) is 3.31. The summed E-state index contributed by atoms with van der Waals surface area (Å²) in [7, 11) is 0. The Morgan fingerprint density at radius 3 is 2.55 bits per heavy atom. The number of thioether (sulfide) groups is 1. The zero-order chi connectivity index (χ0) is 23.7. The molecule has 0 aliphatic heterocycles. The maximum atomic E-state index is 12.6. The number of carbonyl (C=O) groups is 1. The van der Waals surface area contributed by atoms with Crippen LogP contribution in [0.1, 0.15) is 17.9 Å². The van der Waals surface area contributed by atoms with Crippen molar-refractivity contribution >= 4 is 23.7 Å². The predicted octanol–water partition coefficient (Wildman–Crippen LogP) is 5.09. The van der Waals surface area contributed by atoms with Crippen molar-refractivity contribution in [3.63, 3.8) is 0 Å². The Hall–Kier alpha value is -3.27. The number of aromatic nitrogens is 2. The van der Waals surface area contributed by atoms with Crippen LogP contribution in [-0.2, 0) is 11.0 Å². The maximum absolute atomic E-state index is 12.6. The summed E-state index contributed by atoms with van der Waals surface area (Å²) in [6.07, 6.45) is 1.23. The molecule has 10 heteroatoms. The van der Waals surface area contributed by atoms with Gasteiger partial charge in [-0.25, -0.2) is 0 Å². The summed E-state index contributed by atoms with van der Waals surface area (Å²) in [5.74, 6) is -0.437. The molecule has 1 N–H and O–H groups in total. The van der Waals surface area contributed by atoms with Crippen LogP contribution >= 0.6 is 11.8 Å². The molecule has 6 nitrogen and oxygen atoms in total. The van der Waals surface area contributed by atoms with Crippen LogP contribution < -0.4 is 10.1 Å². The monoisotopic (exact) mass is 477 g/mol. The van der Waals surface area contributed by atoms with Crippen molar-refractivity contribution in [1.82, 2.24) is 15.5 Å². The lowest BCUT2D eigenvalue weighted by molar-refractivity contribution is -0.159. The number of halogens is 3. The highest BCUT2D eigenvalue weighted by molar-refractivity contribution is 7.98. The molecule has 3 rings (SSSR count). The number of rotatable bonds is 10. The van der Waals surface area contributed by atoms with Crippen molar-refractivity contribution in [2.75, 3.05) is 18.6 Å². The molecule has 33 heavy (non-hydrogen) atoms. The number of alkyl halides is 3. The fourth-order valence-corrected chi connectivity index (χ4v) is 3.32. The smallest absolute Gasteiger partial charge is 0.471 e. The Morgan fingerprint density at radius 1 is 1.18 bits per heavy atom. The van der Waals surface area contributed by atoms with Gasteiger partial charge >= 0.3 is 12.1 Å². The van der Waals surface area contributed by atoms with Gasteiger partial charge < -0.3 is 14.6 Å². The van der Waals surface area contributed by atoms with Crippen LogP contribution in [0.2, 0.25) is 0 Å². The lowest BCUT2D eigenvalue weighted by Gasteiger charge is -2.18. The van der Waals surface area contributed by atoms with E-state index in [0.29, 0.717) is 17.7 Å². The first-order valence-corrected chi connectivity index (χ1v) is 11.4. The topological polar surface area (TPSA) is 77.2 Å². The standard InChI is InChI=1S/C23H22F3N3O3S/c1-33-14-13-18(27-20(30)12-7-16-5-3-2-4-6-16)15-31-19-10-8-17(9-11-19)21-28-22(32-29-21)23(24,25)26/h2-12,18H,13-15H2,1H3,(H,27,30). The van der Waals surface area contributed by atoms with Gasteiger partial charge in [0.15, 0.2) is 0 Å². The summed E-state index contributed by atoms with van der Waals surface area (Å²) >= 11 is 1.66. The van der Waals surface area contributed by atoms with Crippen molar-refractivity contribution in [1.29, 1.82) is 0 Å². The van der Waals surface area contributed by atoms with Crippen molar-refractivity contribution in [2.24, 2.45) is 0 Å². The van der Waals surface area contributed by atoms with Crippen molar-refractivity contribution < 1.29 is 27.2 Å². The number of hydrogen-bond acceptors (Lipinski definition) is 6. The molecule has 1 unspecified atom stereocenters. The van der Waals surface area contributed by atoms with E-state index in [-0.39, 0.29) is 24.4 Å². The van der Waals surface area contributed by atoms with Crippen molar-refractivity contribution in [3.05, 3.63) is 72.1 Å². The highest BCUT2D eigenvalue weighted by Gasteiger charge is 2.38. The molecule has 0 aliphatic rings. The fraction of sp³-hybridized carbons (Fsp3) is 0.261. The molecule has 0 fully saturated rings. The van der Waals surface area contributed by atoms with Gasteiger partial charge in [-0.3, -0.25) is 4.79 Å². The van der Waals surface area contributed by atoms with E-state index in [0.717, 1.165) is 11.3 Å². The van der Waals surface area contributed by atoms with Crippen molar-refractivity contribution in [3.8, 4) is 17.1 Å². The first kappa shape index (κ1) is 24.4. The molecule has 2 aromatic carbocycles. The van der Waals surface area contributed by atoms with Crippen LogP contribution in [0, 0.1) is 0 Å². The SMILES string of the molecule is CSCCC(COc1ccc(-c2noc(C(F)(F)F)n2)cc1)NC(=O)C=Cc1ccccc1. The molecule has 0 spiro atoms. The van der Waals surface area contributed by atoms with Gasteiger partial charge in [0.25, 0.3) is 0 Å². The first-order valence-electron chi connectivity index (χ1n) is 10.0. The Kier molecular flexibility index (Phi) is 8.53. The second-order valence-corrected chi connectivity index (χ2v) is 7.97. The minimum absolute atomic E-state index is 0.163. The number of hydrogen-bond donors (Lipinski definition) is 1. The first-order chi connectivity index (χ1) is 15.8. The van der Waals surface area contributed by atoms with E-state index >= 15 is 0 Å². The van der Waals surface area contributed by atoms with Gasteiger partial charge in [-0.1, -0.05) is 35.5 Å². The van der Waals surface area contributed by atoms with E-state index in [1.54, 1.807) is 42.1 Å². The van der Waals surface area contributed by atoms with E-state index in [1.165, 1.54) is 6.08 Å². The molecule has 3 aromatic rings. The van der Waals surface area contributed by atoms with Crippen LogP contribution in [0.25, 0.3) is 17.5 Å². The third-order valence-corrected chi connectivity index (χ3v) is 5.12. The number of ether oxygens (including phenoxy) is 1. The Morgan fingerprint density at radius 2 is 1.91 bits per heavy atom. The van der Waals surface area contributed by atoms with E-state index in [4.69, 9.17) is 4.74 Å². The third-order valence-electron chi connectivity index (χ3n) is 4.48. The molecule has 1 aromatic heterocycles. The van der Waals surface area contributed by atoms with E-state index < -0.39 is 12.1 Å². The second kappa shape index (κ2) is 11.6. The molecule has 0 bridgehead atoms. The van der Waals surface area contributed by atoms with Gasteiger partial charge in [-0.05, 0) is 54.3 Å². The summed E-state index contributed by atoms with van der Waals surface area (Å²) in [6, 6.07) is 15.6. The van der Waals surface area contributed by atoms with Crippen LogP contribution in [-0.4, -0.2) is 40.7 Å². The van der Waals surface area contributed by atoms with Crippen LogP contribution in [0.5, 0.6) is 5.75 Å². The second-order valence-electron chi connectivity index (χ2n) is 6.99. The van der Waals surface area contributed by atoms with Crippen molar-refractivity contribution in [2.45, 2.75) is 18.6 Å². The number of carbonyl (C=O) groups excluding carboxylic acids is 1. The van der Waals surface area contributed by atoms with Gasteiger partial charge in [0.1, 0.15) is 12.4 Å². The average molecular weight is 478 g/mol. The zero-order valence-electron chi connectivity index (χ0n) is 17.7. The highest BCUT2D eigenvalue weighted by Crippen LogP contribution is 2.29. The molecule has 0 saturated carbocycles. The lowest BCUT2D eigenvalue weighted by atomic mass is 10.2. The Balaban J connectivity index is 1.57. The molecule has 0 aliphatic carbocycles. The predicted molar refractivity (Wildman–Crippen MR) is 121 cm³/mol. The third kappa shape index (κ3) is 7.67. The molecule has 0 saturated heterocycles. The molecule has 1 atom stereocenters. The highest BCUT2D eigenvalue weighted by atomic mass is 32.2. The molecular weight excluding hydrogens is 455 g/mol. The number of nitrogens with zero attached hydrogens (tertiary/aromatic N) is 2. The summed E-state index contributed by atoms with van der Waals surface area (Å²) in [6.45, 7) is 0.241. The molecule has 1 heterocycles. The Labute approximate surface area is 193 Å². The maximum Gasteiger partial charge on any atom is 0.471 e. The summed E-state index contributed by atoms with van der Waals surface area (Å²) in [4.78, 5) is 15.7. The number of nitrogens with one attached hydrogen (secondary N) is 1. The summed E-state index contributed by atoms with van der Waals surface area (Å²) in [5, 5.41) is 6.30. The van der Waals surface area contributed by atoms with E-state index in [9.17, 15) is 18.0 Å². The van der Waals surface area contributed by atoms with Crippen LogP contribution in [0.4, 0.5) is 13.2 Å². The minimum atomic E-state index is -4.69. The van der Waals surface area contributed by atoms with Gasteiger partial charge in [-0.15, -0.1) is 0 Å². The minimum Gasteiger partial charge on any atom is -0.491 e. The van der Waals surface area contributed by atoms with E-state index in [1.807, 2.05) is 36.6 Å². The lowest BCUT2D eigenvalue weighted by Crippen LogP contribution is -2.38. The van der Waals surface area contributed by atoms with Gasteiger partial charge in [0.05, 0.1) is 6.04 Å². The summed E-state index contributed by atoms with van der Waals surface area (Å²) in [5.41, 5.74) is 1.29. The molecule has 0 radical (unpaired) electrons. The molecule has 174 valence electrons. The van der Waals surface area contributed by atoms with Gasteiger partial charge in [-0.2, -0.15) is 29.9 Å². The molecule has 1 amide bonds. The normalized spacial score (nSPS) is 12.6. The number of amides is 1. The van der Waals surface area contributed by atoms with Crippen LogP contribution in [0.3, 0.4) is 0 Å². The Bertz CT molecular complexity index is 1050. The largest absolute Gasteiger partial charge is 0.491 e. The quantitative estimate of drug-likeness (QED) is 0.410. The summed E-state index contributed by atoms with van der Waals surface area (Å²) < 4.78 is 47.9. The van der Waals surface area contributed by atoms with E-state index in [2.05, 4.69) is 20.0 Å². The number of benzene rings is 2. The van der Waals surface area contributed by atoms with Gasteiger partial charge in [0, 0.05) is 11.6 Å². The zero-order valence-corrected chi connectivity index (χ0v) is 18.5. The van der Waals surface area contributed by atoms with Gasteiger partial charge in [0.2, 0.25) is 11.7 Å². The fourth-order valence-electron chi connectivity index (χ4n) is 2.80. The van der Waals surface area contributed by atoms with Crippen LogP contribution in [0.15, 0.2) is 65.2 Å². The molecular formula is C23H22F3N3O3S.